The zero-order chi connectivity index (χ0) is 35.2. The molecule has 2 saturated carbocycles. The average Bonchev–Trinajstić information content (AvgIpc) is 3.96. The maximum Gasteiger partial charge on any atom is 0.259 e. The summed E-state index contributed by atoms with van der Waals surface area (Å²) in [5, 5.41) is 5.86. The van der Waals surface area contributed by atoms with Gasteiger partial charge in [0.1, 0.15) is 39.9 Å². The second kappa shape index (κ2) is 13.6. The van der Waals surface area contributed by atoms with E-state index in [9.17, 15) is 22.8 Å². The van der Waals surface area contributed by atoms with Crippen LogP contribution in [0.3, 0.4) is 0 Å². The van der Waals surface area contributed by atoms with Crippen LogP contribution < -0.4 is 19.5 Å². The standard InChI is InChI=1S/C36H43N5O7S2/c1-21(2)29-20-49-34(38-29)28-17-31(26-14-11-23(47-3)15-27(26)37-28)48-24-16-30-33(43)39-36(35(44)40-50(45,46)25-12-13-25)18-22(36)9-7-5-4-6-8-10-32(42)41(30)19-24/h7,9,11,14-15,17,20-22,24-25,30H,4-6,8,10,12-13,16,18-19H2,1-3H3,(H,39,43)(H,40,44)/b9-7-. The number of nitrogens with zero attached hydrogens (tertiary/aromatic N) is 3. The third kappa shape index (κ3) is 6.96. The number of methoxy groups -OCH3 is 1. The van der Waals surface area contributed by atoms with Crippen LogP contribution in [0.5, 0.6) is 11.5 Å². The number of aromatic nitrogens is 2. The van der Waals surface area contributed by atoms with Gasteiger partial charge in [-0.25, -0.2) is 18.4 Å². The van der Waals surface area contributed by atoms with Crippen LogP contribution in [0, 0.1) is 5.92 Å². The van der Waals surface area contributed by atoms with Crippen LogP contribution in [-0.2, 0) is 24.4 Å². The van der Waals surface area contributed by atoms with E-state index in [-0.39, 0.29) is 37.1 Å². The number of thiazole rings is 1. The van der Waals surface area contributed by atoms with Gasteiger partial charge in [0, 0.05) is 41.7 Å². The largest absolute Gasteiger partial charge is 0.497 e. The fraction of sp³-hybridized carbons (Fsp3) is 0.528. The third-order valence-electron chi connectivity index (χ3n) is 10.1. The van der Waals surface area contributed by atoms with Crippen molar-refractivity contribution >= 4 is 50.0 Å². The lowest BCUT2D eigenvalue weighted by molar-refractivity contribution is -0.139. The van der Waals surface area contributed by atoms with E-state index in [2.05, 4.69) is 23.9 Å². The van der Waals surface area contributed by atoms with Crippen molar-refractivity contribution < 1.29 is 32.3 Å². The highest BCUT2D eigenvalue weighted by Gasteiger charge is 2.62. The summed E-state index contributed by atoms with van der Waals surface area (Å²) < 4.78 is 39.8. The second-order valence-electron chi connectivity index (χ2n) is 14.1. The quantitative estimate of drug-likeness (QED) is 0.311. The van der Waals surface area contributed by atoms with E-state index >= 15 is 0 Å². The van der Waals surface area contributed by atoms with Gasteiger partial charge in [-0.05, 0) is 56.6 Å². The van der Waals surface area contributed by atoms with Crippen molar-refractivity contribution in [3.8, 4) is 22.2 Å². The molecule has 12 nitrogen and oxygen atoms in total. The van der Waals surface area contributed by atoms with Gasteiger partial charge in [-0.1, -0.05) is 32.4 Å². The Kier molecular flexibility index (Phi) is 9.35. The molecule has 3 fully saturated rings. The number of fused-ring (bicyclic) bond motifs is 3. The van der Waals surface area contributed by atoms with Crippen LogP contribution in [0.4, 0.5) is 0 Å². The minimum Gasteiger partial charge on any atom is -0.497 e. The van der Waals surface area contributed by atoms with Crippen LogP contribution in [0.25, 0.3) is 21.6 Å². The van der Waals surface area contributed by atoms with E-state index in [1.165, 1.54) is 11.3 Å². The highest BCUT2D eigenvalue weighted by molar-refractivity contribution is 7.91. The Hall–Kier alpha value is -4.04. The zero-order valence-electron chi connectivity index (χ0n) is 28.5. The van der Waals surface area contributed by atoms with Gasteiger partial charge < -0.3 is 19.7 Å². The smallest absolute Gasteiger partial charge is 0.259 e. The maximum atomic E-state index is 14.1. The third-order valence-corrected chi connectivity index (χ3v) is 12.8. The van der Waals surface area contributed by atoms with Crippen LogP contribution in [0.1, 0.15) is 83.2 Å². The first-order valence-electron chi connectivity index (χ1n) is 17.4. The summed E-state index contributed by atoms with van der Waals surface area (Å²) in [6, 6.07) is 6.51. The van der Waals surface area contributed by atoms with Gasteiger partial charge in [0.25, 0.3) is 5.91 Å². The fourth-order valence-corrected chi connectivity index (χ4v) is 9.16. The molecule has 3 aromatic rings. The number of benzene rings is 1. The SMILES string of the molecule is COc1ccc2c(OC3CC4C(=O)NC5(C(=O)NS(=O)(=O)C6CC6)CC5/C=C\CCCCCC(=O)N4C3)cc(-c3nc(C(C)C)cs3)nc2c1. The number of nitrogens with one attached hydrogen (secondary N) is 2. The van der Waals surface area contributed by atoms with E-state index in [4.69, 9.17) is 19.4 Å². The molecule has 2 aliphatic carbocycles. The number of allylic oxidation sites excluding steroid dienone is 1. The molecular weight excluding hydrogens is 679 g/mol. The minimum absolute atomic E-state index is 0.153. The summed E-state index contributed by atoms with van der Waals surface area (Å²) >= 11 is 1.51. The molecule has 266 valence electrons. The molecule has 4 unspecified atom stereocenters. The summed E-state index contributed by atoms with van der Waals surface area (Å²) in [6.07, 6.45) is 8.34. The summed E-state index contributed by atoms with van der Waals surface area (Å²) in [4.78, 5) is 52.6. The van der Waals surface area contributed by atoms with Crippen LogP contribution in [0.2, 0.25) is 0 Å². The summed E-state index contributed by atoms with van der Waals surface area (Å²) in [6.45, 7) is 4.35. The molecule has 1 saturated heterocycles. The molecule has 0 spiro atoms. The van der Waals surface area contributed by atoms with Crippen molar-refractivity contribution in [2.24, 2.45) is 5.92 Å². The highest BCUT2D eigenvalue weighted by atomic mass is 32.2. The lowest BCUT2D eigenvalue weighted by Crippen LogP contribution is -2.56. The van der Waals surface area contributed by atoms with E-state index < -0.39 is 44.8 Å². The van der Waals surface area contributed by atoms with Crippen LogP contribution in [0.15, 0.2) is 41.8 Å². The Morgan fingerprint density at radius 2 is 1.96 bits per heavy atom. The number of pyridine rings is 1. The van der Waals surface area contributed by atoms with Crippen molar-refractivity contribution in [2.45, 2.75) is 100 Å². The normalized spacial score (nSPS) is 26.5. The second-order valence-corrected chi connectivity index (χ2v) is 17.0. The monoisotopic (exact) mass is 721 g/mol. The maximum absolute atomic E-state index is 14.1. The van der Waals surface area contributed by atoms with Gasteiger partial charge in [0.05, 0.1) is 30.1 Å². The topological polar surface area (TPSA) is 157 Å². The molecule has 4 atom stereocenters. The molecule has 7 rings (SSSR count). The molecule has 2 aromatic heterocycles. The Bertz CT molecular complexity index is 1960. The molecule has 2 aliphatic heterocycles. The van der Waals surface area contributed by atoms with E-state index in [1.54, 1.807) is 12.0 Å². The Morgan fingerprint density at radius 1 is 1.14 bits per heavy atom. The zero-order valence-corrected chi connectivity index (χ0v) is 30.1. The molecule has 1 aromatic carbocycles. The fourth-order valence-electron chi connectivity index (χ4n) is 6.85. The molecule has 50 heavy (non-hydrogen) atoms. The average molecular weight is 722 g/mol. The summed E-state index contributed by atoms with van der Waals surface area (Å²) in [5.74, 6) is -0.268. The number of amides is 3. The molecule has 2 N–H and O–H groups in total. The first-order chi connectivity index (χ1) is 24.0. The summed E-state index contributed by atoms with van der Waals surface area (Å²) in [7, 11) is -2.23. The van der Waals surface area contributed by atoms with Crippen LogP contribution >= 0.6 is 11.3 Å². The van der Waals surface area contributed by atoms with Gasteiger partial charge in [-0.3, -0.25) is 19.1 Å². The number of carbonyl (C=O) groups is 3. The number of hydrogen-bond acceptors (Lipinski definition) is 10. The van der Waals surface area contributed by atoms with Crippen molar-refractivity contribution in [3.63, 3.8) is 0 Å². The lowest BCUT2D eigenvalue weighted by atomic mass is 10.1. The number of carbonyl (C=O) groups excluding carboxylic acids is 3. The molecule has 3 amide bonds. The Balaban J connectivity index is 1.18. The number of sulfonamides is 1. The molecule has 4 aliphatic rings. The van der Waals surface area contributed by atoms with Gasteiger partial charge in [-0.2, -0.15) is 0 Å². The van der Waals surface area contributed by atoms with Crippen molar-refractivity contribution in [2.75, 3.05) is 13.7 Å². The predicted octanol–water partition coefficient (Wildman–Crippen LogP) is 4.84. The van der Waals surface area contributed by atoms with Crippen molar-refractivity contribution in [1.82, 2.24) is 24.9 Å². The van der Waals surface area contributed by atoms with Crippen LogP contribution in [-0.4, -0.2) is 77.6 Å². The minimum atomic E-state index is -3.82. The Morgan fingerprint density at radius 3 is 2.70 bits per heavy atom. The number of ether oxygens (including phenoxy) is 2. The molecule has 0 radical (unpaired) electrons. The van der Waals surface area contributed by atoms with Gasteiger partial charge in [-0.15, -0.1) is 11.3 Å². The molecule has 4 heterocycles. The molecular formula is C36H43N5O7S2. The highest BCUT2D eigenvalue weighted by Crippen LogP contribution is 2.46. The molecule has 0 bridgehead atoms. The van der Waals surface area contributed by atoms with E-state index in [0.29, 0.717) is 48.4 Å². The summed E-state index contributed by atoms with van der Waals surface area (Å²) in [5.41, 5.74) is 0.876. The predicted molar refractivity (Wildman–Crippen MR) is 189 cm³/mol. The van der Waals surface area contributed by atoms with Crippen molar-refractivity contribution in [1.29, 1.82) is 0 Å². The van der Waals surface area contributed by atoms with E-state index in [0.717, 1.165) is 35.4 Å². The van der Waals surface area contributed by atoms with Gasteiger partial charge >= 0.3 is 0 Å². The lowest BCUT2D eigenvalue weighted by Gasteiger charge is -2.26. The first kappa shape index (κ1) is 34.4. The van der Waals surface area contributed by atoms with Gasteiger partial charge in [0.2, 0.25) is 21.8 Å². The van der Waals surface area contributed by atoms with Gasteiger partial charge in [0.15, 0.2) is 0 Å². The number of rotatable bonds is 8. The van der Waals surface area contributed by atoms with E-state index in [1.807, 2.05) is 41.8 Å². The van der Waals surface area contributed by atoms with Crippen molar-refractivity contribution in [3.05, 3.63) is 47.5 Å². The molecule has 14 heteroatoms. The first-order valence-corrected chi connectivity index (χ1v) is 19.9. The number of hydrogen-bond donors (Lipinski definition) is 2. The Labute approximate surface area is 296 Å².